The predicted octanol–water partition coefficient (Wildman–Crippen LogP) is 4.30. The van der Waals surface area contributed by atoms with Gasteiger partial charge in [-0.15, -0.1) is 5.10 Å². The van der Waals surface area contributed by atoms with Crippen LogP contribution in [0.3, 0.4) is 0 Å². The molecule has 6 unspecified atom stereocenters. The average molecular weight is 901 g/mol. The first-order valence-corrected chi connectivity index (χ1v) is 21.2. The van der Waals surface area contributed by atoms with Crippen LogP contribution in [0.25, 0.3) is 11.3 Å². The summed E-state index contributed by atoms with van der Waals surface area (Å²) in [5.41, 5.74) is -1.54. The number of ether oxygens (including phenoxy) is 1. The molecule has 65 heavy (non-hydrogen) atoms. The van der Waals surface area contributed by atoms with E-state index in [4.69, 9.17) is 14.7 Å². The summed E-state index contributed by atoms with van der Waals surface area (Å²) in [6.45, 7) is 4.44. The van der Waals surface area contributed by atoms with Gasteiger partial charge in [-0.1, -0.05) is 0 Å². The van der Waals surface area contributed by atoms with Crippen molar-refractivity contribution >= 4 is 57.8 Å². The van der Waals surface area contributed by atoms with Crippen molar-refractivity contribution < 1.29 is 37.7 Å². The number of hydrogen-bond acceptors (Lipinski definition) is 15. The number of hydrogen-bond donors (Lipinski definition) is 7. The Morgan fingerprint density at radius 2 is 1.49 bits per heavy atom. The molecule has 8 rings (SSSR count). The lowest BCUT2D eigenvalue weighted by Crippen LogP contribution is -2.53. The SMILES string of the molecule is CC(C)(O)C(F)CNC(=O)c1cnc(N(c2ccn3nccc3n2)C2CCC2Nc2cc(Nc3ccc4nccn4n3)ncc2C(=O)NCC(F)C(C)(C)O)cc1NC1CCOCC1F. The Morgan fingerprint density at radius 3 is 2.17 bits per heavy atom. The number of pyridine rings is 2. The van der Waals surface area contributed by atoms with E-state index < -0.39 is 66.7 Å². The molecule has 0 spiro atoms. The van der Waals surface area contributed by atoms with E-state index in [1.807, 2.05) is 4.90 Å². The maximum atomic E-state index is 15.3. The third-order valence-electron chi connectivity index (χ3n) is 11.5. The number of imidazole rings is 1. The van der Waals surface area contributed by atoms with Crippen molar-refractivity contribution in [1.82, 2.24) is 49.8 Å². The van der Waals surface area contributed by atoms with Gasteiger partial charge in [-0.25, -0.2) is 42.1 Å². The molecule has 0 aromatic carbocycles. The van der Waals surface area contributed by atoms with Crippen LogP contribution in [0.4, 0.5) is 47.8 Å². The molecule has 1 aliphatic heterocycles. The van der Waals surface area contributed by atoms with Gasteiger partial charge in [0.2, 0.25) is 0 Å². The highest BCUT2D eigenvalue weighted by Crippen LogP contribution is 2.39. The van der Waals surface area contributed by atoms with Crippen LogP contribution < -0.4 is 31.5 Å². The van der Waals surface area contributed by atoms with Crippen LogP contribution in [-0.2, 0) is 4.74 Å². The minimum Gasteiger partial charge on any atom is -0.387 e. The van der Waals surface area contributed by atoms with Gasteiger partial charge in [0.15, 0.2) is 17.1 Å². The smallest absolute Gasteiger partial charge is 0.255 e. The number of nitrogens with one attached hydrogen (secondary N) is 5. The zero-order valence-corrected chi connectivity index (χ0v) is 36.1. The number of anilines is 6. The van der Waals surface area contributed by atoms with E-state index in [2.05, 4.69) is 46.7 Å². The molecule has 0 radical (unpaired) electrons. The lowest BCUT2D eigenvalue weighted by atomic mass is 9.84. The largest absolute Gasteiger partial charge is 0.387 e. The topological polar surface area (TPSA) is 233 Å². The second-order valence-corrected chi connectivity index (χ2v) is 17.3. The van der Waals surface area contributed by atoms with Gasteiger partial charge in [0.1, 0.15) is 36.0 Å². The zero-order valence-electron chi connectivity index (χ0n) is 36.1. The van der Waals surface area contributed by atoms with Gasteiger partial charge >= 0.3 is 0 Å². The van der Waals surface area contributed by atoms with E-state index >= 15 is 4.39 Å². The van der Waals surface area contributed by atoms with Crippen molar-refractivity contribution in [3.8, 4) is 0 Å². The van der Waals surface area contributed by atoms with E-state index in [-0.39, 0.29) is 29.5 Å². The van der Waals surface area contributed by atoms with E-state index in [9.17, 15) is 28.6 Å². The fourth-order valence-electron chi connectivity index (χ4n) is 7.39. The maximum absolute atomic E-state index is 15.3. The Kier molecular flexibility index (Phi) is 12.8. The molecule has 2 amide bonds. The molecular formula is C43H51F3N14O5. The standard InChI is InChI=1S/C43H51F3N14O5/c1-42(2,63)32(45)21-50-40(61)24-19-48-35(55-34-7-8-36-47-13-15-59(36)57-34)17-29(24)54-28-5-6-31(28)60(38-10-14-58-37(56-38)9-12-52-58)39-18-30(53-27-11-16-65-23-26(27)44)25(20-49-39)41(62)51-22-33(46)43(3,4)64/h7-10,12-15,17-20,26-28,31-33,63-64H,5-6,11,16,21-23H2,1-4H3,(H,49,53)(H,50,61)(H,51,62)(H2,48,54,55,57). The summed E-state index contributed by atoms with van der Waals surface area (Å²) in [6.07, 6.45) is 5.92. The number of fused-ring (bicyclic) bond motifs is 2. The minimum atomic E-state index is -1.78. The first kappa shape index (κ1) is 44.9. The Bertz CT molecular complexity index is 2650. The Labute approximate surface area is 371 Å². The number of nitrogens with zero attached hydrogens (tertiary/aromatic N) is 9. The van der Waals surface area contributed by atoms with Crippen LogP contribution in [0, 0.1) is 0 Å². The number of carbonyl (C=O) groups excluding carboxylic acids is 2. The molecule has 1 saturated heterocycles. The lowest BCUT2D eigenvalue weighted by molar-refractivity contribution is -0.00209. The van der Waals surface area contributed by atoms with Crippen molar-refractivity contribution in [1.29, 1.82) is 0 Å². The van der Waals surface area contributed by atoms with Gasteiger partial charge in [-0.05, 0) is 65.2 Å². The average Bonchev–Trinajstić information content (AvgIpc) is 3.94. The predicted molar refractivity (Wildman–Crippen MR) is 235 cm³/mol. The fraction of sp³-hybridized carbons (Fsp3) is 0.442. The summed E-state index contributed by atoms with van der Waals surface area (Å²) < 4.78 is 53.4. The normalized spacial score (nSPS) is 19.8. The maximum Gasteiger partial charge on any atom is 0.255 e. The van der Waals surface area contributed by atoms with Crippen molar-refractivity contribution in [2.75, 3.05) is 47.2 Å². The number of aliphatic hydroxyl groups is 2. The summed E-state index contributed by atoms with van der Waals surface area (Å²) in [7, 11) is 0. The molecule has 2 fully saturated rings. The number of rotatable bonds is 17. The van der Waals surface area contributed by atoms with Gasteiger partial charge in [0, 0.05) is 61.8 Å². The second kappa shape index (κ2) is 18.4. The van der Waals surface area contributed by atoms with Crippen LogP contribution in [-0.4, -0.2) is 135 Å². The van der Waals surface area contributed by atoms with Gasteiger partial charge in [0.05, 0.1) is 71.7 Å². The van der Waals surface area contributed by atoms with E-state index in [1.54, 1.807) is 70.2 Å². The Balaban J connectivity index is 1.14. The van der Waals surface area contributed by atoms with Crippen LogP contribution in [0.1, 0.15) is 67.7 Å². The molecular weight excluding hydrogens is 850 g/mol. The number of carbonyl (C=O) groups is 2. The monoisotopic (exact) mass is 900 g/mol. The number of halogens is 3. The Morgan fingerprint density at radius 1 is 0.800 bits per heavy atom. The molecule has 19 nitrogen and oxygen atoms in total. The van der Waals surface area contributed by atoms with Crippen LogP contribution >= 0.6 is 0 Å². The lowest BCUT2D eigenvalue weighted by Gasteiger charge is -2.45. The van der Waals surface area contributed by atoms with Gasteiger partial charge in [-0.3, -0.25) is 9.59 Å². The number of alkyl halides is 3. The number of aromatic nitrogens is 8. The molecule has 22 heteroatoms. The van der Waals surface area contributed by atoms with Gasteiger partial charge in [0.25, 0.3) is 11.8 Å². The molecule has 1 aliphatic carbocycles. The molecule has 6 aromatic heterocycles. The molecule has 2 aliphatic rings. The highest BCUT2D eigenvalue weighted by atomic mass is 19.1. The summed E-state index contributed by atoms with van der Waals surface area (Å²) in [5.74, 6) is 0.245. The summed E-state index contributed by atoms with van der Waals surface area (Å²) in [4.78, 5) is 47.6. The molecule has 6 aromatic rings. The molecule has 6 atom stereocenters. The summed E-state index contributed by atoms with van der Waals surface area (Å²) in [6, 6.07) is 8.74. The van der Waals surface area contributed by atoms with E-state index in [0.717, 1.165) is 0 Å². The fourth-order valence-corrected chi connectivity index (χ4v) is 7.39. The third-order valence-corrected chi connectivity index (χ3v) is 11.5. The molecule has 344 valence electrons. The zero-order chi connectivity index (χ0) is 46.0. The van der Waals surface area contributed by atoms with Gasteiger partial charge in [-0.2, -0.15) is 5.10 Å². The van der Waals surface area contributed by atoms with Crippen molar-refractivity contribution in [2.24, 2.45) is 0 Å². The Hall–Kier alpha value is -6.65. The molecule has 7 heterocycles. The van der Waals surface area contributed by atoms with Gasteiger partial charge < -0.3 is 46.4 Å². The van der Waals surface area contributed by atoms with E-state index in [1.165, 1.54) is 40.1 Å². The van der Waals surface area contributed by atoms with Crippen LogP contribution in [0.5, 0.6) is 0 Å². The summed E-state index contributed by atoms with van der Waals surface area (Å²) >= 11 is 0. The van der Waals surface area contributed by atoms with Crippen LogP contribution in [0.2, 0.25) is 0 Å². The molecule has 7 N–H and O–H groups in total. The van der Waals surface area contributed by atoms with Crippen molar-refractivity contribution in [3.05, 3.63) is 84.7 Å². The first-order chi connectivity index (χ1) is 31.0. The van der Waals surface area contributed by atoms with Crippen molar-refractivity contribution in [3.63, 3.8) is 0 Å². The quantitative estimate of drug-likeness (QED) is 0.0677. The summed E-state index contributed by atoms with van der Waals surface area (Å²) in [5, 5.41) is 44.1. The molecule has 1 saturated carbocycles. The van der Waals surface area contributed by atoms with E-state index in [0.29, 0.717) is 66.1 Å². The van der Waals surface area contributed by atoms with Crippen LogP contribution in [0.15, 0.2) is 73.6 Å². The second-order valence-electron chi connectivity index (χ2n) is 17.3. The minimum absolute atomic E-state index is 0.0204. The van der Waals surface area contributed by atoms with Crippen molar-refractivity contribution in [2.45, 2.75) is 94.8 Å². The highest BCUT2D eigenvalue weighted by molar-refractivity contribution is 6.00. The first-order valence-electron chi connectivity index (χ1n) is 21.2. The third kappa shape index (κ3) is 10.2. The highest BCUT2D eigenvalue weighted by Gasteiger charge is 2.40. The molecule has 0 bridgehead atoms. The number of amides is 2.